The van der Waals surface area contributed by atoms with Crippen LogP contribution in [0.25, 0.3) is 0 Å². The number of carbonyl (C=O) groups is 2. The van der Waals surface area contributed by atoms with E-state index < -0.39 is 71.5 Å². The Morgan fingerprint density at radius 3 is 2.17 bits per heavy atom. The second kappa shape index (κ2) is 10.9. The topological polar surface area (TPSA) is 123 Å². The summed E-state index contributed by atoms with van der Waals surface area (Å²) in [6.45, 7) is 11.6. The van der Waals surface area contributed by atoms with Crippen LogP contribution in [-0.2, 0) is 23.8 Å². The fourth-order valence-corrected chi connectivity index (χ4v) is 5.92. The number of cyclic esters (lactones) is 1. The second-order valence-electron chi connectivity index (χ2n) is 11.2. The van der Waals surface area contributed by atoms with Crippen molar-refractivity contribution in [2.75, 3.05) is 0 Å². The third-order valence-electron chi connectivity index (χ3n) is 8.10. The highest BCUT2D eigenvalue weighted by Gasteiger charge is 2.52. The molecular weight excluding hydrogens is 464 g/mol. The van der Waals surface area contributed by atoms with Crippen molar-refractivity contribution >= 4 is 11.8 Å². The predicted octanol–water partition coefficient (Wildman–Crippen LogP) is 3.17. The highest BCUT2D eigenvalue weighted by atomic mass is 16.7. The van der Waals surface area contributed by atoms with Crippen LogP contribution in [0.5, 0.6) is 0 Å². The molecule has 1 unspecified atom stereocenters. The molecular formula is C28H42O8. The Bertz CT molecular complexity index is 913. The Morgan fingerprint density at radius 1 is 0.972 bits per heavy atom. The van der Waals surface area contributed by atoms with Crippen molar-refractivity contribution in [3.8, 4) is 0 Å². The number of benzene rings is 1. The average molecular weight is 507 g/mol. The lowest BCUT2D eigenvalue weighted by Crippen LogP contribution is -2.59. The quantitative estimate of drug-likeness (QED) is 0.523. The van der Waals surface area contributed by atoms with E-state index in [-0.39, 0.29) is 18.6 Å². The second-order valence-corrected chi connectivity index (χ2v) is 11.2. The molecule has 8 nitrogen and oxygen atoms in total. The highest BCUT2D eigenvalue weighted by molar-refractivity contribution is 5.83. The van der Waals surface area contributed by atoms with E-state index in [2.05, 4.69) is 0 Å². The van der Waals surface area contributed by atoms with Gasteiger partial charge < -0.3 is 29.5 Å². The minimum Gasteiger partial charge on any atom is -0.459 e. The van der Waals surface area contributed by atoms with Gasteiger partial charge in [-0.3, -0.25) is 9.59 Å². The third kappa shape index (κ3) is 5.53. The van der Waals surface area contributed by atoms with Gasteiger partial charge in [0.15, 0.2) is 6.29 Å². The van der Waals surface area contributed by atoms with Gasteiger partial charge in [-0.05, 0) is 33.6 Å². The van der Waals surface area contributed by atoms with Crippen molar-refractivity contribution in [3.05, 3.63) is 35.9 Å². The summed E-state index contributed by atoms with van der Waals surface area (Å²) in [6.07, 6.45) is -4.44. The van der Waals surface area contributed by atoms with Crippen LogP contribution >= 0.6 is 0 Å². The van der Waals surface area contributed by atoms with Gasteiger partial charge in [-0.2, -0.15) is 0 Å². The van der Waals surface area contributed by atoms with E-state index in [0.717, 1.165) is 5.56 Å². The molecule has 2 heterocycles. The predicted molar refractivity (Wildman–Crippen MR) is 133 cm³/mol. The van der Waals surface area contributed by atoms with E-state index in [0.29, 0.717) is 0 Å². The number of Topliss-reactive ketones (excluding diaryl/α,β-unsaturated/α-hetero) is 1. The molecule has 1 aromatic rings. The van der Waals surface area contributed by atoms with Crippen LogP contribution in [0.1, 0.15) is 73.2 Å². The normalized spacial score (nSPS) is 45.0. The lowest BCUT2D eigenvalue weighted by atomic mass is 9.73. The molecule has 0 spiro atoms. The number of hydrogen-bond donors (Lipinski definition) is 3. The summed E-state index contributed by atoms with van der Waals surface area (Å²) in [6, 6.07) is 9.29. The van der Waals surface area contributed by atoms with Crippen LogP contribution in [-0.4, -0.2) is 62.7 Å². The molecule has 2 bridgehead atoms. The van der Waals surface area contributed by atoms with Crippen molar-refractivity contribution in [1.82, 2.24) is 0 Å². The van der Waals surface area contributed by atoms with Crippen LogP contribution < -0.4 is 0 Å². The van der Waals surface area contributed by atoms with Gasteiger partial charge in [0.1, 0.15) is 17.5 Å². The Morgan fingerprint density at radius 2 is 1.58 bits per heavy atom. The first-order valence-corrected chi connectivity index (χ1v) is 12.9. The SMILES string of the molecule is CC[C@H]1OC(=O)[C@H](C)[C@H]2O[C@@H](c3ccccc3)O[C@H]([C@@H]2C)[C@](C)(O)C[C@@H](C)C(=O)[C@H](C)C(O)[C@]1(C)O. The van der Waals surface area contributed by atoms with Gasteiger partial charge in [0.2, 0.25) is 0 Å². The largest absolute Gasteiger partial charge is 0.459 e. The van der Waals surface area contributed by atoms with Crippen molar-refractivity contribution in [1.29, 1.82) is 0 Å². The van der Waals surface area contributed by atoms with Crippen molar-refractivity contribution in [2.24, 2.45) is 23.7 Å². The molecule has 36 heavy (non-hydrogen) atoms. The monoisotopic (exact) mass is 506 g/mol. The molecule has 2 fully saturated rings. The minimum atomic E-state index is -1.86. The van der Waals surface area contributed by atoms with E-state index in [1.54, 1.807) is 34.6 Å². The Hall–Kier alpha value is -1.84. The van der Waals surface area contributed by atoms with Gasteiger partial charge in [0.25, 0.3) is 0 Å². The molecule has 0 amide bonds. The molecule has 0 aliphatic carbocycles. The first-order valence-electron chi connectivity index (χ1n) is 12.9. The van der Waals surface area contributed by atoms with E-state index in [9.17, 15) is 24.9 Å². The van der Waals surface area contributed by atoms with Crippen LogP contribution in [0.3, 0.4) is 0 Å². The maximum Gasteiger partial charge on any atom is 0.311 e. The fraction of sp³-hybridized carbons (Fsp3) is 0.714. The summed E-state index contributed by atoms with van der Waals surface area (Å²) >= 11 is 0. The van der Waals surface area contributed by atoms with E-state index >= 15 is 0 Å². The first kappa shape index (κ1) is 28.7. The van der Waals surface area contributed by atoms with Gasteiger partial charge in [0.05, 0.1) is 29.8 Å². The number of esters is 1. The lowest BCUT2D eigenvalue weighted by molar-refractivity contribution is -0.312. The number of fused-ring (bicyclic) bond motifs is 2. The summed E-state index contributed by atoms with van der Waals surface area (Å²) < 4.78 is 18.3. The summed E-state index contributed by atoms with van der Waals surface area (Å²) in [5, 5.41) is 33.9. The smallest absolute Gasteiger partial charge is 0.311 e. The Kier molecular flexibility index (Phi) is 8.68. The summed E-state index contributed by atoms with van der Waals surface area (Å²) in [5.74, 6) is -3.65. The molecule has 0 radical (unpaired) electrons. The van der Waals surface area contributed by atoms with Crippen molar-refractivity contribution < 1.29 is 39.1 Å². The standard InChI is InChI=1S/C28H42O8/c1-8-20-28(7,33)23(30)16(3)21(29)15(2)14-27(6,32)24-17(4)22(18(5)25(31)34-20)35-26(36-24)19-12-10-9-11-13-19/h9-13,15-18,20,22-24,26,30,32-33H,8,14H2,1-7H3/t15-,16+,17-,18-,20-,22+,23?,24-,26-,27-,28-/m1/s1. The molecule has 11 atom stereocenters. The van der Waals surface area contributed by atoms with E-state index in [4.69, 9.17) is 14.2 Å². The lowest BCUT2D eigenvalue weighted by Gasteiger charge is -2.48. The van der Waals surface area contributed by atoms with Gasteiger partial charge in [-0.1, -0.05) is 58.0 Å². The summed E-state index contributed by atoms with van der Waals surface area (Å²) in [7, 11) is 0. The van der Waals surface area contributed by atoms with Gasteiger partial charge in [-0.15, -0.1) is 0 Å². The number of aliphatic hydroxyl groups is 3. The molecule has 2 saturated heterocycles. The molecule has 3 N–H and O–H groups in total. The van der Waals surface area contributed by atoms with Gasteiger partial charge in [0, 0.05) is 23.3 Å². The maximum absolute atomic E-state index is 13.3. The average Bonchev–Trinajstić information content (AvgIpc) is 2.84. The molecule has 8 heteroatoms. The van der Waals surface area contributed by atoms with Crippen LogP contribution in [0.15, 0.2) is 30.3 Å². The van der Waals surface area contributed by atoms with E-state index in [1.807, 2.05) is 37.3 Å². The van der Waals surface area contributed by atoms with E-state index in [1.165, 1.54) is 6.92 Å². The molecule has 2 aliphatic rings. The van der Waals surface area contributed by atoms with Gasteiger partial charge in [-0.25, -0.2) is 0 Å². The Labute approximate surface area is 213 Å². The number of hydrogen-bond acceptors (Lipinski definition) is 8. The van der Waals surface area contributed by atoms with Crippen LogP contribution in [0.4, 0.5) is 0 Å². The number of ketones is 1. The molecule has 2 aliphatic heterocycles. The number of ether oxygens (including phenoxy) is 3. The molecule has 3 rings (SSSR count). The number of aliphatic hydroxyl groups excluding tert-OH is 1. The zero-order valence-corrected chi connectivity index (χ0v) is 22.4. The molecule has 1 aromatic carbocycles. The van der Waals surface area contributed by atoms with Crippen LogP contribution in [0, 0.1) is 23.7 Å². The maximum atomic E-state index is 13.3. The number of rotatable bonds is 2. The van der Waals surface area contributed by atoms with Gasteiger partial charge >= 0.3 is 5.97 Å². The van der Waals surface area contributed by atoms with Crippen LogP contribution in [0.2, 0.25) is 0 Å². The van der Waals surface area contributed by atoms with Crippen molar-refractivity contribution in [2.45, 2.75) is 103 Å². The Balaban J connectivity index is 2.08. The molecule has 0 aromatic heterocycles. The zero-order valence-electron chi connectivity index (χ0n) is 22.4. The minimum absolute atomic E-state index is 0.0737. The molecule has 0 saturated carbocycles. The number of carbonyl (C=O) groups excluding carboxylic acids is 2. The first-order chi connectivity index (χ1) is 16.7. The summed E-state index contributed by atoms with van der Waals surface area (Å²) in [5.41, 5.74) is -2.56. The van der Waals surface area contributed by atoms with Crippen molar-refractivity contribution in [3.63, 3.8) is 0 Å². The summed E-state index contributed by atoms with van der Waals surface area (Å²) in [4.78, 5) is 26.6. The third-order valence-corrected chi connectivity index (χ3v) is 8.10. The molecule has 202 valence electrons. The highest BCUT2D eigenvalue weighted by Crippen LogP contribution is 2.43. The fourth-order valence-electron chi connectivity index (χ4n) is 5.92. The zero-order chi connectivity index (χ0) is 27.0.